The van der Waals surface area contributed by atoms with Gasteiger partial charge in [0.25, 0.3) is 0 Å². The summed E-state index contributed by atoms with van der Waals surface area (Å²) in [5.41, 5.74) is 1.66. The van der Waals surface area contributed by atoms with Crippen LogP contribution in [0.2, 0.25) is 0 Å². The molecule has 2 atom stereocenters. The van der Waals surface area contributed by atoms with E-state index in [1.165, 1.54) is 12.1 Å². The zero-order chi connectivity index (χ0) is 11.7. The van der Waals surface area contributed by atoms with Crippen LogP contribution in [0.25, 0.3) is 0 Å². The third-order valence-corrected chi connectivity index (χ3v) is 3.20. The topological polar surface area (TPSA) is 23.5 Å². The van der Waals surface area contributed by atoms with Crippen molar-refractivity contribution in [3.8, 4) is 0 Å². The maximum absolute atomic E-state index is 13.1. The Bertz CT molecular complexity index is 378. The van der Waals surface area contributed by atoms with Gasteiger partial charge in [-0.2, -0.15) is 0 Å². The third-order valence-electron chi connectivity index (χ3n) is 3.20. The molecular weight excluding hydrogens is 205 g/mol. The fourth-order valence-corrected chi connectivity index (χ4v) is 2.30. The minimum atomic E-state index is -0.624. The zero-order valence-electron chi connectivity index (χ0n) is 9.78. The first-order chi connectivity index (χ1) is 7.58. The van der Waals surface area contributed by atoms with Gasteiger partial charge >= 0.3 is 0 Å². The smallest absolute Gasteiger partial charge is 0.123 e. The van der Waals surface area contributed by atoms with Crippen molar-refractivity contribution in [1.29, 1.82) is 0 Å². The van der Waals surface area contributed by atoms with E-state index in [4.69, 9.17) is 0 Å². The molecular formula is C13H18FNO. The Kier molecular flexibility index (Phi) is 3.15. The summed E-state index contributed by atoms with van der Waals surface area (Å²) in [5.74, 6) is 0.388. The summed E-state index contributed by atoms with van der Waals surface area (Å²) < 4.78 is 13.1. The first kappa shape index (κ1) is 11.4. The minimum absolute atomic E-state index is 0.285. The van der Waals surface area contributed by atoms with Gasteiger partial charge in [0.2, 0.25) is 0 Å². The normalized spacial score (nSPS) is 22.5. The molecule has 0 spiro atoms. The summed E-state index contributed by atoms with van der Waals surface area (Å²) in [6, 6.07) is 4.67. The van der Waals surface area contributed by atoms with E-state index in [-0.39, 0.29) is 5.82 Å². The second-order valence-corrected chi connectivity index (χ2v) is 4.72. The molecule has 1 fully saturated rings. The van der Waals surface area contributed by atoms with Crippen LogP contribution in [0.4, 0.5) is 10.1 Å². The molecule has 0 aliphatic carbocycles. The molecule has 1 unspecified atom stereocenters. The standard InChI is InChI=1S/C13H18FNO/c1-9-5-6-15(8-9)13-4-3-11(14)7-12(13)10(2)16/h3-4,7,9-10,16H,5-6,8H2,1-2H3/t9?,10-/m0/s1. The Morgan fingerprint density at radius 1 is 1.50 bits per heavy atom. The van der Waals surface area contributed by atoms with Crippen LogP contribution in [-0.2, 0) is 0 Å². The summed E-state index contributed by atoms with van der Waals surface area (Å²) in [7, 11) is 0. The van der Waals surface area contributed by atoms with Gasteiger partial charge in [-0.15, -0.1) is 0 Å². The number of benzene rings is 1. The van der Waals surface area contributed by atoms with Gasteiger partial charge in [0.1, 0.15) is 5.82 Å². The van der Waals surface area contributed by atoms with Gasteiger partial charge in [0.15, 0.2) is 0 Å². The lowest BCUT2D eigenvalue weighted by Crippen LogP contribution is -2.21. The number of aliphatic hydroxyl groups excluding tert-OH is 1. The maximum Gasteiger partial charge on any atom is 0.123 e. The van der Waals surface area contributed by atoms with Crippen molar-refractivity contribution in [2.75, 3.05) is 18.0 Å². The number of rotatable bonds is 2. The Morgan fingerprint density at radius 3 is 2.81 bits per heavy atom. The molecule has 1 aliphatic heterocycles. The molecule has 3 heteroatoms. The summed E-state index contributed by atoms with van der Waals surface area (Å²) in [4.78, 5) is 2.23. The molecule has 1 saturated heterocycles. The molecule has 1 aliphatic rings. The largest absolute Gasteiger partial charge is 0.389 e. The van der Waals surface area contributed by atoms with Crippen LogP contribution in [0.5, 0.6) is 0 Å². The zero-order valence-corrected chi connectivity index (χ0v) is 9.78. The number of halogens is 1. The van der Waals surface area contributed by atoms with Gasteiger partial charge in [0.05, 0.1) is 6.10 Å². The molecule has 0 saturated carbocycles. The van der Waals surface area contributed by atoms with Crippen molar-refractivity contribution >= 4 is 5.69 Å². The molecule has 0 bridgehead atoms. The van der Waals surface area contributed by atoms with Gasteiger partial charge in [0, 0.05) is 24.3 Å². The van der Waals surface area contributed by atoms with E-state index < -0.39 is 6.10 Å². The Morgan fingerprint density at radius 2 is 2.25 bits per heavy atom. The van der Waals surface area contributed by atoms with Crippen molar-refractivity contribution in [3.05, 3.63) is 29.6 Å². The van der Waals surface area contributed by atoms with Crippen LogP contribution < -0.4 is 4.90 Å². The molecule has 0 aromatic heterocycles. The average Bonchev–Trinajstić information content (AvgIpc) is 2.64. The van der Waals surface area contributed by atoms with E-state index in [0.29, 0.717) is 11.5 Å². The van der Waals surface area contributed by atoms with Crippen LogP contribution in [0.3, 0.4) is 0 Å². The van der Waals surface area contributed by atoms with Crippen LogP contribution >= 0.6 is 0 Å². The van der Waals surface area contributed by atoms with Gasteiger partial charge in [-0.25, -0.2) is 4.39 Å². The van der Waals surface area contributed by atoms with Crippen molar-refractivity contribution in [1.82, 2.24) is 0 Å². The molecule has 2 nitrogen and oxygen atoms in total. The summed E-state index contributed by atoms with van der Waals surface area (Å²) in [6.07, 6.45) is 0.540. The molecule has 1 aromatic rings. The maximum atomic E-state index is 13.1. The first-order valence-corrected chi connectivity index (χ1v) is 5.80. The van der Waals surface area contributed by atoms with Gasteiger partial charge in [-0.1, -0.05) is 6.92 Å². The molecule has 2 rings (SSSR count). The van der Waals surface area contributed by atoms with Crippen LogP contribution in [0.1, 0.15) is 31.9 Å². The minimum Gasteiger partial charge on any atom is -0.389 e. The second kappa shape index (κ2) is 4.42. The lowest BCUT2D eigenvalue weighted by molar-refractivity contribution is 0.199. The predicted octanol–water partition coefficient (Wildman–Crippen LogP) is 2.73. The summed E-state index contributed by atoms with van der Waals surface area (Å²) in [5, 5.41) is 9.66. The fraction of sp³-hybridized carbons (Fsp3) is 0.538. The van der Waals surface area contributed by atoms with E-state index in [0.717, 1.165) is 25.2 Å². The van der Waals surface area contributed by atoms with E-state index in [1.54, 1.807) is 13.0 Å². The number of hydrogen-bond acceptors (Lipinski definition) is 2. The SMILES string of the molecule is CC1CCN(c2ccc(F)cc2[C@H](C)O)C1. The van der Waals surface area contributed by atoms with Gasteiger partial charge in [-0.3, -0.25) is 0 Å². The van der Waals surface area contributed by atoms with Gasteiger partial charge in [-0.05, 0) is 37.5 Å². The second-order valence-electron chi connectivity index (χ2n) is 4.72. The molecule has 16 heavy (non-hydrogen) atoms. The highest BCUT2D eigenvalue weighted by atomic mass is 19.1. The van der Waals surface area contributed by atoms with E-state index in [9.17, 15) is 9.50 Å². The fourth-order valence-electron chi connectivity index (χ4n) is 2.30. The highest BCUT2D eigenvalue weighted by molar-refractivity contribution is 5.55. The highest BCUT2D eigenvalue weighted by Gasteiger charge is 2.22. The van der Waals surface area contributed by atoms with E-state index in [2.05, 4.69) is 11.8 Å². The summed E-state index contributed by atoms with van der Waals surface area (Å²) in [6.45, 7) is 5.88. The third kappa shape index (κ3) is 2.19. The van der Waals surface area contributed by atoms with Crippen molar-refractivity contribution in [2.45, 2.75) is 26.4 Å². The number of anilines is 1. The van der Waals surface area contributed by atoms with Crippen molar-refractivity contribution < 1.29 is 9.50 Å². The van der Waals surface area contributed by atoms with Gasteiger partial charge < -0.3 is 10.0 Å². The Hall–Kier alpha value is -1.09. The number of aliphatic hydroxyl groups is 1. The van der Waals surface area contributed by atoms with Crippen LogP contribution in [0.15, 0.2) is 18.2 Å². The van der Waals surface area contributed by atoms with Crippen LogP contribution in [0, 0.1) is 11.7 Å². The Labute approximate surface area is 95.7 Å². The predicted molar refractivity (Wildman–Crippen MR) is 63.0 cm³/mol. The van der Waals surface area contributed by atoms with Crippen LogP contribution in [-0.4, -0.2) is 18.2 Å². The molecule has 88 valence electrons. The quantitative estimate of drug-likeness (QED) is 0.833. The average molecular weight is 223 g/mol. The molecule has 0 radical (unpaired) electrons. The van der Waals surface area contributed by atoms with Crippen molar-refractivity contribution in [3.63, 3.8) is 0 Å². The molecule has 0 amide bonds. The number of hydrogen-bond donors (Lipinski definition) is 1. The summed E-state index contributed by atoms with van der Waals surface area (Å²) >= 11 is 0. The molecule has 1 aromatic carbocycles. The highest BCUT2D eigenvalue weighted by Crippen LogP contribution is 2.31. The van der Waals surface area contributed by atoms with Crippen molar-refractivity contribution in [2.24, 2.45) is 5.92 Å². The Balaban J connectivity index is 2.32. The monoisotopic (exact) mass is 223 g/mol. The lowest BCUT2D eigenvalue weighted by atomic mass is 10.1. The number of nitrogens with zero attached hydrogens (tertiary/aromatic N) is 1. The first-order valence-electron chi connectivity index (χ1n) is 5.80. The molecule has 1 N–H and O–H groups in total. The van der Waals surface area contributed by atoms with E-state index >= 15 is 0 Å². The lowest BCUT2D eigenvalue weighted by Gasteiger charge is -2.23. The molecule has 1 heterocycles. The van der Waals surface area contributed by atoms with E-state index in [1.807, 2.05) is 0 Å².